The third kappa shape index (κ3) is 1.35. The van der Waals surface area contributed by atoms with Gasteiger partial charge in [-0.1, -0.05) is 0 Å². The molecule has 5 heteroatoms. The standard InChI is InChI=1S/C7H12N4O/c8-6-5-10-7(12-6)11-3-1-9-2-4-11/h5,9H,1-4,8H2. The first kappa shape index (κ1) is 7.42. The highest BCUT2D eigenvalue weighted by Crippen LogP contribution is 2.15. The van der Waals surface area contributed by atoms with E-state index in [1.165, 1.54) is 6.20 Å². The molecule has 66 valence electrons. The molecule has 0 aliphatic carbocycles. The van der Waals surface area contributed by atoms with E-state index < -0.39 is 0 Å². The summed E-state index contributed by atoms with van der Waals surface area (Å²) in [7, 11) is 0. The largest absolute Gasteiger partial charge is 0.408 e. The molecule has 12 heavy (non-hydrogen) atoms. The molecule has 2 heterocycles. The molecule has 1 saturated heterocycles. The fraction of sp³-hybridized carbons (Fsp3) is 0.571. The van der Waals surface area contributed by atoms with E-state index in [0.29, 0.717) is 11.9 Å². The fourth-order valence-corrected chi connectivity index (χ4v) is 1.28. The van der Waals surface area contributed by atoms with Crippen LogP contribution in [0.3, 0.4) is 0 Å². The van der Waals surface area contributed by atoms with Gasteiger partial charge >= 0.3 is 0 Å². The van der Waals surface area contributed by atoms with Crippen molar-refractivity contribution in [1.82, 2.24) is 10.3 Å². The predicted molar refractivity (Wildman–Crippen MR) is 46.0 cm³/mol. The zero-order valence-electron chi connectivity index (χ0n) is 6.79. The van der Waals surface area contributed by atoms with Gasteiger partial charge in [-0.2, -0.15) is 4.98 Å². The zero-order valence-corrected chi connectivity index (χ0v) is 6.79. The van der Waals surface area contributed by atoms with E-state index in [0.717, 1.165) is 26.2 Å². The van der Waals surface area contributed by atoms with E-state index in [9.17, 15) is 0 Å². The number of rotatable bonds is 1. The van der Waals surface area contributed by atoms with E-state index in [2.05, 4.69) is 15.2 Å². The van der Waals surface area contributed by atoms with Gasteiger partial charge in [0.25, 0.3) is 6.01 Å². The topological polar surface area (TPSA) is 67.3 Å². The highest BCUT2D eigenvalue weighted by molar-refractivity contribution is 5.33. The molecule has 0 aromatic carbocycles. The van der Waals surface area contributed by atoms with E-state index >= 15 is 0 Å². The van der Waals surface area contributed by atoms with Gasteiger partial charge in [0.1, 0.15) is 0 Å². The van der Waals surface area contributed by atoms with Crippen molar-refractivity contribution in [2.24, 2.45) is 0 Å². The first-order valence-electron chi connectivity index (χ1n) is 4.03. The Labute approximate surface area is 70.5 Å². The Hall–Kier alpha value is -1.23. The first-order valence-corrected chi connectivity index (χ1v) is 4.03. The molecule has 0 saturated carbocycles. The monoisotopic (exact) mass is 168 g/mol. The third-order valence-corrected chi connectivity index (χ3v) is 1.90. The van der Waals surface area contributed by atoms with Crippen molar-refractivity contribution >= 4 is 11.9 Å². The summed E-state index contributed by atoms with van der Waals surface area (Å²) >= 11 is 0. The van der Waals surface area contributed by atoms with Crippen molar-refractivity contribution in [2.75, 3.05) is 36.8 Å². The van der Waals surface area contributed by atoms with Crippen LogP contribution < -0.4 is 16.0 Å². The molecule has 5 nitrogen and oxygen atoms in total. The summed E-state index contributed by atoms with van der Waals surface area (Å²) in [5.41, 5.74) is 5.41. The second kappa shape index (κ2) is 3.02. The molecule has 1 aliphatic rings. The summed E-state index contributed by atoms with van der Waals surface area (Å²) in [6.45, 7) is 3.81. The fourth-order valence-electron chi connectivity index (χ4n) is 1.28. The van der Waals surface area contributed by atoms with Gasteiger partial charge in [-0.25, -0.2) is 0 Å². The van der Waals surface area contributed by atoms with E-state index in [1.54, 1.807) is 0 Å². The van der Waals surface area contributed by atoms with Gasteiger partial charge < -0.3 is 20.4 Å². The summed E-state index contributed by atoms with van der Waals surface area (Å²) in [6.07, 6.45) is 1.54. The summed E-state index contributed by atoms with van der Waals surface area (Å²) < 4.78 is 5.19. The molecule has 1 aromatic heterocycles. The maximum atomic E-state index is 5.41. The van der Waals surface area contributed by atoms with Gasteiger partial charge in [0, 0.05) is 26.2 Å². The van der Waals surface area contributed by atoms with Crippen molar-refractivity contribution < 1.29 is 4.42 Å². The zero-order chi connectivity index (χ0) is 8.39. The average molecular weight is 168 g/mol. The highest BCUT2D eigenvalue weighted by Gasteiger charge is 2.14. The lowest BCUT2D eigenvalue weighted by Gasteiger charge is -2.25. The lowest BCUT2D eigenvalue weighted by atomic mass is 10.4. The van der Waals surface area contributed by atoms with Crippen LogP contribution in [0.1, 0.15) is 0 Å². The van der Waals surface area contributed by atoms with Gasteiger partial charge in [-0.15, -0.1) is 0 Å². The number of oxazole rings is 1. The molecule has 0 atom stereocenters. The van der Waals surface area contributed by atoms with Crippen LogP contribution in [0.4, 0.5) is 11.9 Å². The minimum atomic E-state index is 0.378. The molecular formula is C7H12N4O. The Balaban J connectivity index is 2.08. The van der Waals surface area contributed by atoms with Crippen LogP contribution in [0, 0.1) is 0 Å². The predicted octanol–water partition coefficient (Wildman–Crippen LogP) is -0.334. The van der Waals surface area contributed by atoms with Gasteiger partial charge in [0.2, 0.25) is 5.88 Å². The second-order valence-electron chi connectivity index (χ2n) is 2.78. The molecule has 0 spiro atoms. The maximum Gasteiger partial charge on any atom is 0.299 e. The molecule has 0 unspecified atom stereocenters. The van der Waals surface area contributed by atoms with Crippen molar-refractivity contribution in [2.45, 2.75) is 0 Å². The van der Waals surface area contributed by atoms with Crippen LogP contribution in [0.15, 0.2) is 10.6 Å². The average Bonchev–Trinajstić information content (AvgIpc) is 2.54. The number of hydrogen-bond donors (Lipinski definition) is 2. The van der Waals surface area contributed by atoms with Crippen molar-refractivity contribution in [3.05, 3.63) is 6.20 Å². The summed E-state index contributed by atoms with van der Waals surface area (Å²) in [4.78, 5) is 6.12. The number of piperazine rings is 1. The Morgan fingerprint density at radius 3 is 2.83 bits per heavy atom. The summed E-state index contributed by atoms with van der Waals surface area (Å²) in [5.74, 6) is 0.378. The van der Waals surface area contributed by atoms with Crippen LogP contribution >= 0.6 is 0 Å². The van der Waals surface area contributed by atoms with Crippen LogP contribution in [0.25, 0.3) is 0 Å². The molecule has 1 fully saturated rings. The maximum absolute atomic E-state index is 5.41. The number of nitrogen functional groups attached to an aromatic ring is 1. The highest BCUT2D eigenvalue weighted by atomic mass is 16.4. The van der Waals surface area contributed by atoms with Crippen molar-refractivity contribution in [3.63, 3.8) is 0 Å². The first-order chi connectivity index (χ1) is 5.86. The molecular weight excluding hydrogens is 156 g/mol. The van der Waals surface area contributed by atoms with E-state index in [4.69, 9.17) is 10.2 Å². The minimum Gasteiger partial charge on any atom is -0.408 e. The molecule has 2 rings (SSSR count). The van der Waals surface area contributed by atoms with E-state index in [-0.39, 0.29) is 0 Å². The molecule has 1 aliphatic heterocycles. The second-order valence-corrected chi connectivity index (χ2v) is 2.78. The molecule has 0 radical (unpaired) electrons. The van der Waals surface area contributed by atoms with Crippen molar-refractivity contribution in [1.29, 1.82) is 0 Å². The van der Waals surface area contributed by atoms with Gasteiger partial charge in [0.05, 0.1) is 6.20 Å². The Morgan fingerprint density at radius 1 is 1.50 bits per heavy atom. The molecule has 3 N–H and O–H groups in total. The lowest BCUT2D eigenvalue weighted by molar-refractivity contribution is 0.508. The Morgan fingerprint density at radius 2 is 2.25 bits per heavy atom. The van der Waals surface area contributed by atoms with Gasteiger partial charge in [-0.05, 0) is 0 Å². The lowest BCUT2D eigenvalue weighted by Crippen LogP contribution is -2.43. The third-order valence-electron chi connectivity index (χ3n) is 1.90. The summed E-state index contributed by atoms with van der Waals surface area (Å²) in [6, 6.07) is 0.633. The van der Waals surface area contributed by atoms with Crippen molar-refractivity contribution in [3.8, 4) is 0 Å². The number of anilines is 2. The number of nitrogens with zero attached hydrogens (tertiary/aromatic N) is 2. The smallest absolute Gasteiger partial charge is 0.299 e. The molecule has 0 amide bonds. The summed E-state index contributed by atoms with van der Waals surface area (Å²) in [5, 5.41) is 3.25. The normalized spacial score (nSPS) is 18.2. The van der Waals surface area contributed by atoms with Gasteiger partial charge in [0.15, 0.2) is 0 Å². The van der Waals surface area contributed by atoms with Gasteiger partial charge in [-0.3, -0.25) is 0 Å². The van der Waals surface area contributed by atoms with Crippen LogP contribution in [0.2, 0.25) is 0 Å². The number of aromatic nitrogens is 1. The van der Waals surface area contributed by atoms with Crippen LogP contribution in [0.5, 0.6) is 0 Å². The SMILES string of the molecule is Nc1cnc(N2CCNCC2)o1. The number of hydrogen-bond acceptors (Lipinski definition) is 5. The van der Waals surface area contributed by atoms with E-state index in [1.807, 2.05) is 0 Å². The van der Waals surface area contributed by atoms with Crippen LogP contribution in [-0.2, 0) is 0 Å². The quantitative estimate of drug-likeness (QED) is 0.601. The molecule has 1 aromatic rings. The number of nitrogens with two attached hydrogens (primary N) is 1. The molecule has 0 bridgehead atoms. The Bertz CT molecular complexity index is 254. The Kier molecular flexibility index (Phi) is 1.87. The number of nitrogens with one attached hydrogen (secondary N) is 1. The van der Waals surface area contributed by atoms with Crippen LogP contribution in [-0.4, -0.2) is 31.2 Å². The minimum absolute atomic E-state index is 0.378.